The molecule has 7 nitrogen and oxygen atoms in total. The van der Waals surface area contributed by atoms with Gasteiger partial charge in [-0.25, -0.2) is 0 Å². The number of carbonyl (C=O) groups excluding carboxylic acids is 2. The van der Waals surface area contributed by atoms with Gasteiger partial charge in [-0.05, 0) is 62.2 Å². The van der Waals surface area contributed by atoms with Crippen molar-refractivity contribution in [1.29, 1.82) is 0 Å². The second-order valence-electron chi connectivity index (χ2n) is 6.55. The van der Waals surface area contributed by atoms with Crippen LogP contribution in [-0.4, -0.2) is 38.3 Å². The average Bonchev–Trinajstić information content (AvgIpc) is 2.76. The van der Waals surface area contributed by atoms with E-state index in [1.807, 2.05) is 55.5 Å². The van der Waals surface area contributed by atoms with Crippen LogP contribution in [0.3, 0.4) is 0 Å². The highest BCUT2D eigenvalue weighted by atomic mass is 16.5. The summed E-state index contributed by atoms with van der Waals surface area (Å²) < 4.78 is 21.3. The Morgan fingerprint density at radius 3 is 2.13 bits per heavy atom. The van der Waals surface area contributed by atoms with E-state index >= 15 is 0 Å². The van der Waals surface area contributed by atoms with Crippen LogP contribution in [0, 0.1) is 0 Å². The van der Waals surface area contributed by atoms with Crippen molar-refractivity contribution in [2.75, 3.05) is 20.3 Å². The largest absolute Gasteiger partial charge is 0.497 e. The summed E-state index contributed by atoms with van der Waals surface area (Å²) in [4.78, 5) is 24.1. The Kier molecular flexibility index (Phi) is 9.51. The number of hydrogen-bond acceptors (Lipinski definition) is 6. The highest BCUT2D eigenvalue weighted by molar-refractivity contribution is 5.83. The first kappa shape index (κ1) is 23.1. The van der Waals surface area contributed by atoms with E-state index in [9.17, 15) is 9.59 Å². The van der Waals surface area contributed by atoms with Gasteiger partial charge in [-0.3, -0.25) is 9.59 Å². The van der Waals surface area contributed by atoms with Crippen LogP contribution in [0.4, 0.5) is 0 Å². The zero-order chi connectivity index (χ0) is 21.8. The topological polar surface area (TPSA) is 83.1 Å². The van der Waals surface area contributed by atoms with E-state index in [2.05, 4.69) is 5.32 Å². The molecule has 0 aliphatic heterocycles. The SMILES string of the molecule is CCOc1ccc(OCCCC(=O)OC(C)C(=O)NCc2ccc(OC)cc2)cc1. The number of ether oxygens (including phenoxy) is 4. The van der Waals surface area contributed by atoms with Gasteiger partial charge >= 0.3 is 5.97 Å². The molecule has 0 aliphatic rings. The molecule has 162 valence electrons. The van der Waals surface area contributed by atoms with Crippen molar-refractivity contribution in [3.63, 3.8) is 0 Å². The minimum Gasteiger partial charge on any atom is -0.497 e. The molecule has 2 aromatic carbocycles. The molecule has 1 amide bonds. The van der Waals surface area contributed by atoms with E-state index in [-0.39, 0.29) is 12.3 Å². The Balaban J connectivity index is 1.62. The third-order valence-electron chi connectivity index (χ3n) is 4.23. The van der Waals surface area contributed by atoms with Crippen molar-refractivity contribution >= 4 is 11.9 Å². The van der Waals surface area contributed by atoms with Crippen molar-refractivity contribution in [2.45, 2.75) is 39.3 Å². The van der Waals surface area contributed by atoms with E-state index < -0.39 is 12.1 Å². The van der Waals surface area contributed by atoms with E-state index in [1.165, 1.54) is 0 Å². The van der Waals surface area contributed by atoms with Crippen molar-refractivity contribution in [1.82, 2.24) is 5.32 Å². The number of methoxy groups -OCH3 is 1. The number of nitrogens with one attached hydrogen (secondary N) is 1. The molecule has 0 aliphatic carbocycles. The van der Waals surface area contributed by atoms with E-state index in [0.29, 0.717) is 31.9 Å². The maximum Gasteiger partial charge on any atom is 0.306 e. The number of esters is 1. The lowest BCUT2D eigenvalue weighted by atomic mass is 10.2. The molecule has 0 bridgehead atoms. The fraction of sp³-hybridized carbons (Fsp3) is 0.391. The molecule has 0 saturated carbocycles. The number of amides is 1. The molecule has 30 heavy (non-hydrogen) atoms. The smallest absolute Gasteiger partial charge is 0.306 e. The minimum absolute atomic E-state index is 0.174. The minimum atomic E-state index is -0.859. The van der Waals surface area contributed by atoms with E-state index in [0.717, 1.165) is 17.1 Å². The summed E-state index contributed by atoms with van der Waals surface area (Å²) in [6, 6.07) is 14.7. The first-order chi connectivity index (χ1) is 14.5. The van der Waals surface area contributed by atoms with Gasteiger partial charge in [0, 0.05) is 13.0 Å². The standard InChI is InChI=1S/C23H29NO6/c1-4-28-20-11-13-21(14-12-20)29-15-5-6-22(25)30-17(2)23(26)24-16-18-7-9-19(27-3)10-8-18/h7-14,17H,4-6,15-16H2,1-3H3,(H,24,26). The molecule has 0 spiro atoms. The van der Waals surface area contributed by atoms with Gasteiger partial charge in [0.25, 0.3) is 5.91 Å². The molecule has 2 aromatic rings. The quantitative estimate of drug-likeness (QED) is 0.422. The molecular formula is C23H29NO6. The first-order valence-corrected chi connectivity index (χ1v) is 9.97. The molecule has 7 heteroatoms. The molecule has 0 fully saturated rings. The summed E-state index contributed by atoms with van der Waals surface area (Å²) in [6.07, 6.45) is -0.193. The third-order valence-corrected chi connectivity index (χ3v) is 4.23. The Morgan fingerprint density at radius 2 is 1.53 bits per heavy atom. The molecule has 0 radical (unpaired) electrons. The van der Waals surface area contributed by atoms with Crippen molar-refractivity contribution < 1.29 is 28.5 Å². The summed E-state index contributed by atoms with van der Waals surface area (Å²) in [5.74, 6) is 1.46. The fourth-order valence-corrected chi connectivity index (χ4v) is 2.59. The number of rotatable bonds is 12. The van der Waals surface area contributed by atoms with Crippen LogP contribution >= 0.6 is 0 Å². The monoisotopic (exact) mass is 415 g/mol. The van der Waals surface area contributed by atoms with Crippen molar-refractivity contribution in [3.05, 3.63) is 54.1 Å². The molecule has 1 atom stereocenters. The molecule has 1 unspecified atom stereocenters. The Morgan fingerprint density at radius 1 is 0.933 bits per heavy atom. The molecule has 0 saturated heterocycles. The average molecular weight is 415 g/mol. The number of hydrogen-bond donors (Lipinski definition) is 1. The normalized spacial score (nSPS) is 11.3. The van der Waals surface area contributed by atoms with Gasteiger partial charge < -0.3 is 24.3 Å². The second-order valence-corrected chi connectivity index (χ2v) is 6.55. The molecule has 0 heterocycles. The number of benzene rings is 2. The highest BCUT2D eigenvalue weighted by Crippen LogP contribution is 2.17. The third kappa shape index (κ3) is 8.03. The zero-order valence-corrected chi connectivity index (χ0v) is 17.7. The van der Waals surface area contributed by atoms with Crippen LogP contribution in [0.1, 0.15) is 32.3 Å². The summed E-state index contributed by atoms with van der Waals surface area (Å²) in [6.45, 7) is 4.81. The van der Waals surface area contributed by atoms with Gasteiger partial charge in [-0.2, -0.15) is 0 Å². The van der Waals surface area contributed by atoms with Gasteiger partial charge in [0.2, 0.25) is 0 Å². The molecule has 1 N–H and O–H groups in total. The van der Waals surface area contributed by atoms with Crippen LogP contribution in [0.15, 0.2) is 48.5 Å². The van der Waals surface area contributed by atoms with Gasteiger partial charge in [0.05, 0.1) is 20.3 Å². The summed E-state index contributed by atoms with van der Waals surface area (Å²) in [5, 5.41) is 2.75. The molecule has 2 rings (SSSR count). The predicted molar refractivity (Wildman–Crippen MR) is 113 cm³/mol. The first-order valence-electron chi connectivity index (χ1n) is 9.97. The van der Waals surface area contributed by atoms with E-state index in [4.69, 9.17) is 18.9 Å². The predicted octanol–water partition coefficient (Wildman–Crippen LogP) is 3.50. The molecular weight excluding hydrogens is 386 g/mol. The van der Waals surface area contributed by atoms with Crippen molar-refractivity contribution in [2.24, 2.45) is 0 Å². The van der Waals surface area contributed by atoms with Crippen LogP contribution in [0.2, 0.25) is 0 Å². The Bertz CT molecular complexity index is 788. The highest BCUT2D eigenvalue weighted by Gasteiger charge is 2.17. The maximum atomic E-state index is 12.1. The maximum absolute atomic E-state index is 12.1. The van der Waals surface area contributed by atoms with Gasteiger partial charge in [-0.15, -0.1) is 0 Å². The lowest BCUT2D eigenvalue weighted by molar-refractivity contribution is -0.155. The fourth-order valence-electron chi connectivity index (χ4n) is 2.59. The van der Waals surface area contributed by atoms with Crippen molar-refractivity contribution in [3.8, 4) is 17.2 Å². The lowest BCUT2D eigenvalue weighted by Gasteiger charge is -2.14. The Hall–Kier alpha value is -3.22. The van der Waals surface area contributed by atoms with Gasteiger partial charge in [0.1, 0.15) is 17.2 Å². The Labute approximate surface area is 177 Å². The number of carbonyl (C=O) groups is 2. The lowest BCUT2D eigenvalue weighted by Crippen LogP contribution is -2.35. The summed E-state index contributed by atoms with van der Waals surface area (Å²) >= 11 is 0. The zero-order valence-electron chi connectivity index (χ0n) is 17.7. The van der Waals surface area contributed by atoms with Crippen LogP contribution in [0.5, 0.6) is 17.2 Å². The van der Waals surface area contributed by atoms with Crippen LogP contribution < -0.4 is 19.5 Å². The van der Waals surface area contributed by atoms with E-state index in [1.54, 1.807) is 14.0 Å². The van der Waals surface area contributed by atoms with Gasteiger partial charge in [0.15, 0.2) is 6.10 Å². The summed E-state index contributed by atoms with van der Waals surface area (Å²) in [5.41, 5.74) is 0.925. The summed E-state index contributed by atoms with van der Waals surface area (Å²) in [7, 11) is 1.60. The van der Waals surface area contributed by atoms with Crippen LogP contribution in [0.25, 0.3) is 0 Å². The van der Waals surface area contributed by atoms with Crippen LogP contribution in [-0.2, 0) is 20.9 Å². The second kappa shape index (κ2) is 12.4. The molecule has 0 aromatic heterocycles. The van der Waals surface area contributed by atoms with Gasteiger partial charge in [-0.1, -0.05) is 12.1 Å².